The molecule has 0 N–H and O–H groups in total. The summed E-state index contributed by atoms with van der Waals surface area (Å²) in [6.45, 7) is 3.62. The van der Waals surface area contributed by atoms with Crippen LogP contribution in [0.25, 0.3) is 0 Å². The summed E-state index contributed by atoms with van der Waals surface area (Å²) in [7, 11) is 0. The number of pyridine rings is 1. The van der Waals surface area contributed by atoms with Crippen molar-refractivity contribution in [2.45, 2.75) is 26.7 Å². The second-order valence-electron chi connectivity index (χ2n) is 2.48. The molecule has 0 spiro atoms. The van der Waals surface area contributed by atoms with Crippen LogP contribution in [0.2, 0.25) is 0 Å². The minimum absolute atomic E-state index is 0.289. The molecule has 1 heterocycles. The van der Waals surface area contributed by atoms with E-state index in [-0.39, 0.29) is 5.78 Å². The van der Waals surface area contributed by atoms with E-state index in [4.69, 9.17) is 0 Å². The Hall–Kier alpha value is -1.18. The van der Waals surface area contributed by atoms with Gasteiger partial charge in [-0.05, 0) is 25.5 Å². The molecule has 0 saturated carbocycles. The highest BCUT2D eigenvalue weighted by molar-refractivity contribution is 5.75. The number of Topliss-reactive ketones (excluding diaryl/α,β-unsaturated/α-hetero) is 1. The van der Waals surface area contributed by atoms with Gasteiger partial charge in [0.1, 0.15) is 5.78 Å². The van der Waals surface area contributed by atoms with Gasteiger partial charge in [-0.3, -0.25) is 4.98 Å². The number of nitrogens with zero attached hydrogens (tertiary/aromatic N) is 1. The van der Waals surface area contributed by atoms with Gasteiger partial charge in [-0.15, -0.1) is 0 Å². The van der Waals surface area contributed by atoms with Gasteiger partial charge in [0.15, 0.2) is 0 Å². The molecule has 66 valence electrons. The molecule has 1 aromatic rings. The minimum atomic E-state index is 0.289. The van der Waals surface area contributed by atoms with Gasteiger partial charge < -0.3 is 4.79 Å². The molecule has 0 atom stereocenters. The quantitative estimate of drug-likeness (QED) is 0.673. The van der Waals surface area contributed by atoms with Crippen molar-refractivity contribution in [2.24, 2.45) is 0 Å². The van der Waals surface area contributed by atoms with Crippen LogP contribution in [-0.2, 0) is 4.79 Å². The van der Waals surface area contributed by atoms with Crippen molar-refractivity contribution in [3.05, 3.63) is 30.6 Å². The van der Waals surface area contributed by atoms with Gasteiger partial charge in [-0.2, -0.15) is 0 Å². The second kappa shape index (κ2) is 7.92. The van der Waals surface area contributed by atoms with Gasteiger partial charge in [-0.25, -0.2) is 0 Å². The van der Waals surface area contributed by atoms with Crippen molar-refractivity contribution in [1.29, 1.82) is 0 Å². The Bertz CT molecular complexity index is 170. The summed E-state index contributed by atoms with van der Waals surface area (Å²) < 4.78 is 0. The Morgan fingerprint density at radius 2 is 1.83 bits per heavy atom. The van der Waals surface area contributed by atoms with E-state index < -0.39 is 0 Å². The van der Waals surface area contributed by atoms with Gasteiger partial charge in [0.25, 0.3) is 0 Å². The summed E-state index contributed by atoms with van der Waals surface area (Å²) >= 11 is 0. The summed E-state index contributed by atoms with van der Waals surface area (Å²) in [5.74, 6) is 0.289. The van der Waals surface area contributed by atoms with Gasteiger partial charge >= 0.3 is 0 Å². The molecule has 1 aromatic heterocycles. The third-order valence-electron chi connectivity index (χ3n) is 1.17. The number of carbonyl (C=O) groups is 1. The standard InChI is InChI=1S/C5H5N.C5H10O/c1-2-4-6-5-3-1;1-3-4-5(2)6/h1-5H;3-4H2,1-2H3. The highest BCUT2D eigenvalue weighted by atomic mass is 16.1. The number of ketones is 1. The van der Waals surface area contributed by atoms with Crippen molar-refractivity contribution in [3.8, 4) is 0 Å². The molecule has 0 radical (unpaired) electrons. The molecular weight excluding hydrogens is 150 g/mol. The van der Waals surface area contributed by atoms with E-state index in [0.717, 1.165) is 12.8 Å². The topological polar surface area (TPSA) is 30.0 Å². The molecule has 0 aliphatic carbocycles. The lowest BCUT2D eigenvalue weighted by Gasteiger charge is -1.80. The van der Waals surface area contributed by atoms with Crippen LogP contribution in [0.5, 0.6) is 0 Å². The molecule has 0 fully saturated rings. The lowest BCUT2D eigenvalue weighted by molar-refractivity contribution is -0.117. The van der Waals surface area contributed by atoms with Gasteiger partial charge in [-0.1, -0.05) is 13.0 Å². The maximum Gasteiger partial charge on any atom is 0.129 e. The molecule has 0 aliphatic heterocycles. The molecule has 0 bridgehead atoms. The first-order valence-electron chi connectivity index (χ1n) is 4.11. The van der Waals surface area contributed by atoms with Crippen LogP contribution in [0, 0.1) is 0 Å². The van der Waals surface area contributed by atoms with E-state index >= 15 is 0 Å². The van der Waals surface area contributed by atoms with E-state index in [2.05, 4.69) is 4.98 Å². The largest absolute Gasteiger partial charge is 0.300 e. The van der Waals surface area contributed by atoms with Gasteiger partial charge in [0.2, 0.25) is 0 Å². The lowest BCUT2D eigenvalue weighted by Crippen LogP contribution is -1.84. The van der Waals surface area contributed by atoms with E-state index in [0.29, 0.717) is 0 Å². The molecule has 0 unspecified atom stereocenters. The fraction of sp³-hybridized carbons (Fsp3) is 0.400. The zero-order chi connectivity index (χ0) is 9.23. The maximum atomic E-state index is 10.0. The summed E-state index contributed by atoms with van der Waals surface area (Å²) in [5.41, 5.74) is 0. The molecular formula is C10H15NO. The summed E-state index contributed by atoms with van der Waals surface area (Å²) in [6.07, 6.45) is 5.22. The van der Waals surface area contributed by atoms with E-state index in [1.54, 1.807) is 19.3 Å². The predicted molar refractivity (Wildman–Crippen MR) is 49.8 cm³/mol. The number of carbonyl (C=O) groups excluding carboxylic acids is 1. The van der Waals surface area contributed by atoms with E-state index in [1.165, 1.54) is 0 Å². The zero-order valence-corrected chi connectivity index (χ0v) is 7.66. The Kier molecular flexibility index (Phi) is 7.14. The maximum absolute atomic E-state index is 10.0. The van der Waals surface area contributed by atoms with Crippen LogP contribution in [0.15, 0.2) is 30.6 Å². The van der Waals surface area contributed by atoms with Gasteiger partial charge in [0, 0.05) is 18.8 Å². The predicted octanol–water partition coefficient (Wildman–Crippen LogP) is 2.46. The normalized spacial score (nSPS) is 8.17. The van der Waals surface area contributed by atoms with Crippen LogP contribution >= 0.6 is 0 Å². The van der Waals surface area contributed by atoms with Gasteiger partial charge in [0.05, 0.1) is 0 Å². The Morgan fingerprint density at radius 3 is 1.92 bits per heavy atom. The van der Waals surface area contributed by atoms with Crippen molar-refractivity contribution >= 4 is 5.78 Å². The van der Waals surface area contributed by atoms with Crippen LogP contribution in [0.4, 0.5) is 0 Å². The van der Waals surface area contributed by atoms with Crippen LogP contribution < -0.4 is 0 Å². The number of hydrogen-bond acceptors (Lipinski definition) is 2. The average molecular weight is 165 g/mol. The van der Waals surface area contributed by atoms with Crippen molar-refractivity contribution < 1.29 is 4.79 Å². The first kappa shape index (κ1) is 10.8. The molecule has 0 saturated heterocycles. The van der Waals surface area contributed by atoms with E-state index in [9.17, 15) is 4.79 Å². The third-order valence-corrected chi connectivity index (χ3v) is 1.17. The summed E-state index contributed by atoms with van der Waals surface area (Å²) in [5, 5.41) is 0. The van der Waals surface area contributed by atoms with E-state index in [1.807, 2.05) is 25.1 Å². The highest BCUT2D eigenvalue weighted by Crippen LogP contribution is 1.84. The average Bonchev–Trinajstić information content (AvgIpc) is 2.08. The first-order valence-corrected chi connectivity index (χ1v) is 4.11. The molecule has 1 rings (SSSR count). The molecule has 2 nitrogen and oxygen atoms in total. The van der Waals surface area contributed by atoms with Crippen molar-refractivity contribution in [3.63, 3.8) is 0 Å². The Labute approximate surface area is 73.6 Å². The third kappa shape index (κ3) is 8.82. The second-order valence-corrected chi connectivity index (χ2v) is 2.48. The zero-order valence-electron chi connectivity index (χ0n) is 7.66. The van der Waals surface area contributed by atoms with Crippen LogP contribution in [0.3, 0.4) is 0 Å². The van der Waals surface area contributed by atoms with Crippen LogP contribution in [-0.4, -0.2) is 10.8 Å². The Morgan fingerprint density at radius 1 is 1.25 bits per heavy atom. The highest BCUT2D eigenvalue weighted by Gasteiger charge is 1.83. The fourth-order valence-corrected chi connectivity index (χ4v) is 0.665. The molecule has 0 amide bonds. The van der Waals surface area contributed by atoms with Crippen molar-refractivity contribution in [2.75, 3.05) is 0 Å². The number of aromatic nitrogens is 1. The molecule has 2 heteroatoms. The SMILES string of the molecule is CCCC(C)=O.c1ccncc1. The molecule has 0 aromatic carbocycles. The summed E-state index contributed by atoms with van der Waals surface area (Å²) in [6, 6.07) is 5.72. The lowest BCUT2D eigenvalue weighted by atomic mass is 10.3. The van der Waals surface area contributed by atoms with Crippen LogP contribution in [0.1, 0.15) is 26.7 Å². The first-order chi connectivity index (χ1) is 5.77. The van der Waals surface area contributed by atoms with Crippen molar-refractivity contribution in [1.82, 2.24) is 4.98 Å². The number of rotatable bonds is 2. The Balaban J connectivity index is 0.000000202. The molecule has 12 heavy (non-hydrogen) atoms. The number of hydrogen-bond donors (Lipinski definition) is 0. The molecule has 0 aliphatic rings. The monoisotopic (exact) mass is 165 g/mol. The minimum Gasteiger partial charge on any atom is -0.300 e. The fourth-order valence-electron chi connectivity index (χ4n) is 0.665. The summed E-state index contributed by atoms with van der Waals surface area (Å²) in [4.78, 5) is 13.8. The smallest absolute Gasteiger partial charge is 0.129 e.